The maximum atomic E-state index is 12.3. The molecule has 1 aliphatic rings. The zero-order chi connectivity index (χ0) is 13.9. The zero-order valence-electron chi connectivity index (χ0n) is 11.3. The molecule has 106 valence electrons. The highest BCUT2D eigenvalue weighted by Crippen LogP contribution is 2.24. The summed E-state index contributed by atoms with van der Waals surface area (Å²) >= 11 is 3.48. The van der Waals surface area contributed by atoms with Crippen LogP contribution in [0.2, 0.25) is 0 Å². The predicted molar refractivity (Wildman–Crippen MR) is 80.7 cm³/mol. The van der Waals surface area contributed by atoms with Crippen molar-refractivity contribution in [2.45, 2.75) is 25.3 Å². The first kappa shape index (κ1) is 13.6. The van der Waals surface area contributed by atoms with Crippen molar-refractivity contribution < 1.29 is 4.79 Å². The van der Waals surface area contributed by atoms with Crippen LogP contribution in [0.5, 0.6) is 0 Å². The number of hydrogen-bond acceptors (Lipinski definition) is 5. The van der Waals surface area contributed by atoms with Gasteiger partial charge in [-0.15, -0.1) is 16.4 Å². The summed E-state index contributed by atoms with van der Waals surface area (Å²) in [5.74, 6) is 0.943. The molecule has 0 saturated carbocycles. The molecule has 0 unspecified atom stereocenters. The highest BCUT2D eigenvalue weighted by Gasteiger charge is 2.21. The smallest absolute Gasteiger partial charge is 0.244 e. The molecular weight excluding hydrogens is 292 g/mol. The van der Waals surface area contributed by atoms with Gasteiger partial charge >= 0.3 is 0 Å². The molecule has 0 aliphatic carbocycles. The fourth-order valence-electron chi connectivity index (χ4n) is 2.33. The van der Waals surface area contributed by atoms with Crippen LogP contribution in [0, 0.1) is 0 Å². The molecule has 0 bridgehead atoms. The molecule has 2 aromatic rings. The molecule has 0 N–H and O–H groups in total. The molecule has 3 rings (SSSR count). The molecule has 0 aromatic carbocycles. The molecule has 0 atom stereocenters. The van der Waals surface area contributed by atoms with E-state index < -0.39 is 0 Å². The molecule has 1 amide bonds. The minimum Gasteiger partial charge on any atom is -0.336 e. The fraction of sp³-hybridized carbons (Fsp3) is 0.462. The minimum absolute atomic E-state index is 0.113. The molecule has 0 radical (unpaired) electrons. The first-order chi connectivity index (χ1) is 9.76. The standard InChI is InChI=1S/C13H16N4OS2/c1-19-9-11-7-17(15-14-11)8-13(18)16-4-2-12-10(6-16)3-5-20-12/h3,5,7H,2,4,6,8-9H2,1H3. The molecule has 5 nitrogen and oxygen atoms in total. The Balaban J connectivity index is 1.62. The monoisotopic (exact) mass is 308 g/mol. The normalized spacial score (nSPS) is 14.3. The van der Waals surface area contributed by atoms with Gasteiger partial charge in [-0.3, -0.25) is 4.79 Å². The molecule has 20 heavy (non-hydrogen) atoms. The van der Waals surface area contributed by atoms with Crippen LogP contribution in [-0.2, 0) is 30.1 Å². The first-order valence-electron chi connectivity index (χ1n) is 6.47. The van der Waals surface area contributed by atoms with Crippen LogP contribution < -0.4 is 0 Å². The topological polar surface area (TPSA) is 51.0 Å². The SMILES string of the molecule is CSCc1cn(CC(=O)N2CCc3sccc3C2)nn1. The Bertz CT molecular complexity index is 607. The number of carbonyl (C=O) groups is 1. The van der Waals surface area contributed by atoms with Gasteiger partial charge in [0, 0.05) is 29.9 Å². The summed E-state index contributed by atoms with van der Waals surface area (Å²) in [7, 11) is 0. The number of rotatable bonds is 4. The van der Waals surface area contributed by atoms with E-state index in [2.05, 4.69) is 21.8 Å². The lowest BCUT2D eigenvalue weighted by Crippen LogP contribution is -2.37. The van der Waals surface area contributed by atoms with Crippen LogP contribution >= 0.6 is 23.1 Å². The summed E-state index contributed by atoms with van der Waals surface area (Å²) in [6, 6.07) is 2.12. The molecule has 0 spiro atoms. The number of nitrogens with zero attached hydrogens (tertiary/aromatic N) is 4. The predicted octanol–water partition coefficient (Wildman–Crippen LogP) is 1.79. The maximum absolute atomic E-state index is 12.3. The quantitative estimate of drug-likeness (QED) is 0.864. The number of amides is 1. The lowest BCUT2D eigenvalue weighted by Gasteiger charge is -2.26. The summed E-state index contributed by atoms with van der Waals surface area (Å²) in [5.41, 5.74) is 2.21. The van der Waals surface area contributed by atoms with Gasteiger partial charge in [0.05, 0.1) is 5.69 Å². The number of hydrogen-bond donors (Lipinski definition) is 0. The highest BCUT2D eigenvalue weighted by molar-refractivity contribution is 7.97. The van der Waals surface area contributed by atoms with Crippen LogP contribution in [0.25, 0.3) is 0 Å². The third kappa shape index (κ3) is 2.88. The number of aromatic nitrogens is 3. The third-order valence-corrected chi connectivity index (χ3v) is 4.94. The summed E-state index contributed by atoms with van der Waals surface area (Å²) in [4.78, 5) is 15.6. The van der Waals surface area contributed by atoms with Gasteiger partial charge in [-0.25, -0.2) is 4.68 Å². The lowest BCUT2D eigenvalue weighted by atomic mass is 10.1. The van der Waals surface area contributed by atoms with Crippen LogP contribution in [-0.4, -0.2) is 38.6 Å². The van der Waals surface area contributed by atoms with E-state index in [1.807, 2.05) is 17.4 Å². The Labute approximate surface area is 126 Å². The largest absolute Gasteiger partial charge is 0.336 e. The van der Waals surface area contributed by atoms with E-state index in [0.717, 1.165) is 31.0 Å². The van der Waals surface area contributed by atoms with Gasteiger partial charge in [-0.05, 0) is 29.7 Å². The molecule has 1 aliphatic heterocycles. The molecule has 3 heterocycles. The minimum atomic E-state index is 0.113. The van der Waals surface area contributed by atoms with Gasteiger partial charge in [-0.2, -0.15) is 11.8 Å². The van der Waals surface area contributed by atoms with Crippen molar-refractivity contribution in [3.63, 3.8) is 0 Å². The number of carbonyl (C=O) groups excluding carboxylic acids is 1. The second-order valence-electron chi connectivity index (χ2n) is 4.77. The average Bonchev–Trinajstić information content (AvgIpc) is 3.07. The van der Waals surface area contributed by atoms with Gasteiger partial charge in [-0.1, -0.05) is 5.21 Å². The van der Waals surface area contributed by atoms with Gasteiger partial charge in [0.25, 0.3) is 0 Å². The van der Waals surface area contributed by atoms with E-state index in [1.54, 1.807) is 27.8 Å². The van der Waals surface area contributed by atoms with Crippen molar-refractivity contribution in [2.24, 2.45) is 0 Å². The van der Waals surface area contributed by atoms with Crippen LogP contribution in [0.3, 0.4) is 0 Å². The number of fused-ring (bicyclic) bond motifs is 1. The van der Waals surface area contributed by atoms with Crippen LogP contribution in [0.1, 0.15) is 16.1 Å². The molecule has 0 saturated heterocycles. The van der Waals surface area contributed by atoms with Crippen molar-refractivity contribution in [1.82, 2.24) is 19.9 Å². The number of thiophene rings is 1. The lowest BCUT2D eigenvalue weighted by molar-refractivity contribution is -0.133. The second kappa shape index (κ2) is 5.97. The number of thioether (sulfide) groups is 1. The summed E-state index contributed by atoms with van der Waals surface area (Å²) in [6.07, 6.45) is 4.85. The Morgan fingerprint density at radius 1 is 1.55 bits per heavy atom. The average molecular weight is 308 g/mol. The highest BCUT2D eigenvalue weighted by atomic mass is 32.2. The molecule has 2 aromatic heterocycles. The Kier molecular flexibility index (Phi) is 4.07. The van der Waals surface area contributed by atoms with E-state index in [0.29, 0.717) is 0 Å². The van der Waals surface area contributed by atoms with Gasteiger partial charge in [0.2, 0.25) is 5.91 Å². The van der Waals surface area contributed by atoms with Crippen molar-refractivity contribution in [3.05, 3.63) is 33.8 Å². The first-order valence-corrected chi connectivity index (χ1v) is 8.74. The summed E-state index contributed by atoms with van der Waals surface area (Å²) in [5, 5.41) is 10.2. The Morgan fingerprint density at radius 3 is 3.30 bits per heavy atom. The van der Waals surface area contributed by atoms with E-state index in [1.165, 1.54) is 10.4 Å². The maximum Gasteiger partial charge on any atom is 0.244 e. The third-order valence-electron chi connectivity index (χ3n) is 3.34. The van der Waals surface area contributed by atoms with Gasteiger partial charge < -0.3 is 4.90 Å². The molecule has 7 heteroatoms. The van der Waals surface area contributed by atoms with E-state index >= 15 is 0 Å². The Hall–Kier alpha value is -1.34. The van der Waals surface area contributed by atoms with E-state index in [-0.39, 0.29) is 12.5 Å². The molecular formula is C13H16N4OS2. The van der Waals surface area contributed by atoms with Crippen LogP contribution in [0.15, 0.2) is 17.6 Å². The van der Waals surface area contributed by atoms with Crippen molar-refractivity contribution in [2.75, 3.05) is 12.8 Å². The fourth-order valence-corrected chi connectivity index (χ4v) is 3.65. The van der Waals surface area contributed by atoms with Gasteiger partial charge in [0.1, 0.15) is 6.54 Å². The van der Waals surface area contributed by atoms with E-state index in [9.17, 15) is 4.79 Å². The van der Waals surface area contributed by atoms with Crippen molar-refractivity contribution in [3.8, 4) is 0 Å². The zero-order valence-corrected chi connectivity index (χ0v) is 12.9. The second-order valence-corrected chi connectivity index (χ2v) is 6.64. The van der Waals surface area contributed by atoms with Crippen molar-refractivity contribution >= 4 is 29.0 Å². The summed E-state index contributed by atoms with van der Waals surface area (Å²) in [6.45, 7) is 1.81. The van der Waals surface area contributed by atoms with Gasteiger partial charge in [0.15, 0.2) is 0 Å². The Morgan fingerprint density at radius 2 is 2.45 bits per heavy atom. The molecule has 0 fully saturated rings. The summed E-state index contributed by atoms with van der Waals surface area (Å²) < 4.78 is 1.64. The van der Waals surface area contributed by atoms with Crippen molar-refractivity contribution in [1.29, 1.82) is 0 Å². The van der Waals surface area contributed by atoms with E-state index in [4.69, 9.17) is 0 Å². The van der Waals surface area contributed by atoms with Crippen LogP contribution in [0.4, 0.5) is 0 Å².